The number of aromatic amines is 2. The lowest BCUT2D eigenvalue weighted by molar-refractivity contribution is -0.133. The molecule has 15 heteroatoms. The lowest BCUT2D eigenvalue weighted by Gasteiger charge is -2.25. The zero-order valence-electron chi connectivity index (χ0n) is 27.4. The quantitative estimate of drug-likeness (QED) is 0.0368. The second-order valence-corrected chi connectivity index (χ2v) is 12.1. The van der Waals surface area contributed by atoms with Crippen LogP contribution in [0.1, 0.15) is 43.2 Å². The predicted octanol–water partition coefficient (Wildman–Crippen LogP) is 0.0937. The molecule has 2 heterocycles. The van der Waals surface area contributed by atoms with E-state index in [9.17, 15) is 19.2 Å². The van der Waals surface area contributed by atoms with Crippen molar-refractivity contribution in [2.24, 2.45) is 22.9 Å². The maximum Gasteiger partial charge on any atom is 0.243 e. The van der Waals surface area contributed by atoms with Crippen molar-refractivity contribution in [1.82, 2.24) is 31.2 Å². The van der Waals surface area contributed by atoms with Crippen molar-refractivity contribution in [2.45, 2.75) is 69.1 Å². The fourth-order valence-corrected chi connectivity index (χ4v) is 5.73. The lowest BCUT2D eigenvalue weighted by Crippen LogP contribution is -2.58. The minimum Gasteiger partial charge on any atom is -0.370 e. The van der Waals surface area contributed by atoms with E-state index in [0.29, 0.717) is 32.4 Å². The Balaban J connectivity index is 1.51. The van der Waals surface area contributed by atoms with E-state index in [0.717, 1.165) is 32.9 Å². The smallest absolute Gasteiger partial charge is 0.243 e. The molecule has 0 radical (unpaired) electrons. The highest BCUT2D eigenvalue weighted by atomic mass is 16.2. The molecule has 0 spiro atoms. The van der Waals surface area contributed by atoms with Crippen molar-refractivity contribution in [3.63, 3.8) is 0 Å². The highest BCUT2D eigenvalue weighted by Gasteiger charge is 2.31. The Morgan fingerprint density at radius 2 is 1.22 bits per heavy atom. The van der Waals surface area contributed by atoms with Gasteiger partial charge < -0.3 is 54.2 Å². The van der Waals surface area contributed by atoms with E-state index < -0.39 is 47.8 Å². The number of aromatic nitrogens is 2. The molecule has 0 saturated carbocycles. The number of carbonyl (C=O) groups is 4. The number of amides is 4. The van der Waals surface area contributed by atoms with E-state index in [1.54, 1.807) is 12.4 Å². The van der Waals surface area contributed by atoms with Gasteiger partial charge in [0.2, 0.25) is 23.6 Å². The number of rotatable bonds is 19. The normalized spacial score (nSPS) is 13.7. The Morgan fingerprint density at radius 3 is 1.80 bits per heavy atom. The standard InChI is InChI=1S/C34H47N11O4/c35-14-6-5-13-27(32(48)44-28(30(37)46)16-20-18-41-25-11-3-1-8-22(20)25)43-33(49)29(17-21-19-42-26-12-4-2-9-23(21)26)45-31(47)24(36)10-7-15-40-34(38)39/h1-4,8-9,11-12,18-19,24,27-29,41-42H,5-7,10,13-17,35-36H2,(H2,37,46)(H,43,49)(H,44,48)(H,45,47)(H4,38,39,40)/t24-,27+,28+,29+/m1/s1. The molecule has 0 unspecified atom stereocenters. The molecule has 4 amide bonds. The maximum absolute atomic E-state index is 13.9. The second kappa shape index (κ2) is 17.7. The van der Waals surface area contributed by atoms with Gasteiger partial charge in [-0.3, -0.25) is 24.6 Å². The SMILES string of the molecule is N=C(N)NCCC[C@@H](N)C(=O)N[C@@H](Cc1c[nH]c2ccccc12)C(=O)N[C@@H](CCCCN)C(=O)N[C@@H](Cc1c[nH]c2ccccc12)C(N)=O. The Kier molecular flexibility index (Phi) is 13.1. The number of benzene rings is 2. The summed E-state index contributed by atoms with van der Waals surface area (Å²) in [5.74, 6) is -2.62. The zero-order chi connectivity index (χ0) is 35.3. The molecule has 262 valence electrons. The summed E-state index contributed by atoms with van der Waals surface area (Å²) < 4.78 is 0. The molecular weight excluding hydrogens is 626 g/mol. The monoisotopic (exact) mass is 673 g/mol. The molecule has 4 aromatic rings. The number of nitrogens with two attached hydrogens (primary N) is 4. The van der Waals surface area contributed by atoms with Gasteiger partial charge in [-0.1, -0.05) is 36.4 Å². The van der Waals surface area contributed by atoms with Gasteiger partial charge in [-0.15, -0.1) is 0 Å². The van der Waals surface area contributed by atoms with Crippen LogP contribution in [0.15, 0.2) is 60.9 Å². The first-order chi connectivity index (χ1) is 23.6. The number of carbonyl (C=O) groups excluding carboxylic acids is 4. The van der Waals surface area contributed by atoms with Crippen molar-refractivity contribution in [3.05, 3.63) is 72.1 Å². The Morgan fingerprint density at radius 1 is 0.694 bits per heavy atom. The van der Waals surface area contributed by atoms with Gasteiger partial charge in [-0.2, -0.15) is 0 Å². The Hall–Kier alpha value is -5.41. The zero-order valence-corrected chi connectivity index (χ0v) is 27.4. The van der Waals surface area contributed by atoms with E-state index >= 15 is 0 Å². The third-order valence-electron chi connectivity index (χ3n) is 8.41. The molecule has 2 aromatic heterocycles. The highest BCUT2D eigenvalue weighted by molar-refractivity contribution is 5.95. The first-order valence-electron chi connectivity index (χ1n) is 16.4. The van der Waals surface area contributed by atoms with Crippen molar-refractivity contribution < 1.29 is 19.2 Å². The molecule has 49 heavy (non-hydrogen) atoms. The van der Waals surface area contributed by atoms with Gasteiger partial charge in [0.05, 0.1) is 6.04 Å². The summed E-state index contributed by atoms with van der Waals surface area (Å²) in [7, 11) is 0. The largest absolute Gasteiger partial charge is 0.370 e. The third-order valence-corrected chi connectivity index (χ3v) is 8.41. The molecule has 0 aliphatic carbocycles. The molecule has 0 saturated heterocycles. The average Bonchev–Trinajstić information content (AvgIpc) is 3.69. The minimum atomic E-state index is -1.09. The number of H-pyrrole nitrogens is 2. The van der Waals surface area contributed by atoms with Gasteiger partial charge in [0.25, 0.3) is 0 Å². The number of fused-ring (bicyclic) bond motifs is 2. The molecule has 4 atom stereocenters. The second-order valence-electron chi connectivity index (χ2n) is 12.1. The van der Waals surface area contributed by atoms with Crippen molar-refractivity contribution >= 4 is 51.4 Å². The number of hydrogen-bond acceptors (Lipinski definition) is 7. The fourth-order valence-electron chi connectivity index (χ4n) is 5.73. The number of unbranched alkanes of at least 4 members (excludes halogenated alkanes) is 1. The van der Waals surface area contributed by atoms with E-state index in [4.69, 9.17) is 28.3 Å². The molecule has 0 bridgehead atoms. The molecule has 2 aromatic carbocycles. The van der Waals surface area contributed by atoms with Crippen molar-refractivity contribution in [3.8, 4) is 0 Å². The summed E-state index contributed by atoms with van der Waals surface area (Å²) in [6.07, 6.45) is 5.93. The van der Waals surface area contributed by atoms with Crippen LogP contribution in [0.5, 0.6) is 0 Å². The van der Waals surface area contributed by atoms with Crippen LogP contribution in [0.25, 0.3) is 21.8 Å². The highest BCUT2D eigenvalue weighted by Crippen LogP contribution is 2.21. The van der Waals surface area contributed by atoms with Crippen molar-refractivity contribution in [1.29, 1.82) is 5.41 Å². The van der Waals surface area contributed by atoms with Gasteiger partial charge in [0.15, 0.2) is 5.96 Å². The van der Waals surface area contributed by atoms with Crippen LogP contribution in [0.2, 0.25) is 0 Å². The maximum atomic E-state index is 13.9. The topological polar surface area (TPSA) is 276 Å². The summed E-state index contributed by atoms with van der Waals surface area (Å²) in [6, 6.07) is 11.1. The number of hydrogen-bond donors (Lipinski definition) is 11. The van der Waals surface area contributed by atoms with Gasteiger partial charge in [-0.05, 0) is 61.9 Å². The lowest BCUT2D eigenvalue weighted by atomic mass is 10.0. The number of guanidine groups is 1. The minimum absolute atomic E-state index is 0.113. The Labute approximate surface area is 284 Å². The van der Waals surface area contributed by atoms with Gasteiger partial charge in [-0.25, -0.2) is 0 Å². The Bertz CT molecular complexity index is 1750. The van der Waals surface area contributed by atoms with Crippen LogP contribution in [0.4, 0.5) is 0 Å². The average molecular weight is 674 g/mol. The van der Waals surface area contributed by atoms with Crippen LogP contribution in [0.3, 0.4) is 0 Å². The van der Waals surface area contributed by atoms with Crippen LogP contribution >= 0.6 is 0 Å². The number of primary amides is 1. The van der Waals surface area contributed by atoms with E-state index in [2.05, 4.69) is 31.2 Å². The van der Waals surface area contributed by atoms with E-state index in [1.807, 2.05) is 48.5 Å². The van der Waals surface area contributed by atoms with Gasteiger partial charge in [0.1, 0.15) is 18.1 Å². The molecule has 0 aliphatic heterocycles. The molecular formula is C34H47N11O4. The first-order valence-corrected chi connectivity index (χ1v) is 16.4. The van der Waals surface area contributed by atoms with Crippen LogP contribution in [0, 0.1) is 5.41 Å². The molecule has 15 nitrogen and oxygen atoms in total. The molecule has 15 N–H and O–H groups in total. The predicted molar refractivity (Wildman–Crippen MR) is 189 cm³/mol. The summed E-state index contributed by atoms with van der Waals surface area (Å²) in [6.45, 7) is 0.758. The van der Waals surface area contributed by atoms with Crippen molar-refractivity contribution in [2.75, 3.05) is 13.1 Å². The third kappa shape index (κ3) is 10.3. The van der Waals surface area contributed by atoms with Gasteiger partial charge in [0, 0.05) is 53.6 Å². The first kappa shape index (κ1) is 36.4. The van der Waals surface area contributed by atoms with Crippen LogP contribution in [-0.2, 0) is 32.0 Å². The molecule has 0 fully saturated rings. The fraction of sp³-hybridized carbons (Fsp3) is 0.382. The number of nitrogens with one attached hydrogen (secondary N) is 7. The summed E-state index contributed by atoms with van der Waals surface area (Å²) >= 11 is 0. The summed E-state index contributed by atoms with van der Waals surface area (Å²) in [4.78, 5) is 59.7. The van der Waals surface area contributed by atoms with Crippen LogP contribution in [-0.4, -0.2) is 76.8 Å². The summed E-state index contributed by atoms with van der Waals surface area (Å²) in [5, 5.41) is 20.1. The van der Waals surface area contributed by atoms with Gasteiger partial charge >= 0.3 is 0 Å². The van der Waals surface area contributed by atoms with E-state index in [-0.39, 0.29) is 31.6 Å². The molecule has 0 aliphatic rings. The number of para-hydroxylation sites is 2. The van der Waals surface area contributed by atoms with E-state index in [1.165, 1.54) is 0 Å². The van der Waals surface area contributed by atoms with Crippen LogP contribution < -0.4 is 44.2 Å². The molecule has 4 rings (SSSR count). The summed E-state index contributed by atoms with van der Waals surface area (Å²) in [5.41, 5.74) is 26.3.